The first kappa shape index (κ1) is 17.7. The highest BCUT2D eigenvalue weighted by Crippen LogP contribution is 2.44. The Hall–Kier alpha value is -1.69. The molecule has 1 heterocycles. The van der Waals surface area contributed by atoms with Gasteiger partial charge in [0.2, 0.25) is 0 Å². The lowest BCUT2D eigenvalue weighted by molar-refractivity contribution is 0.0506. The van der Waals surface area contributed by atoms with Crippen LogP contribution < -0.4 is 11.1 Å². The van der Waals surface area contributed by atoms with Crippen molar-refractivity contribution in [3.8, 4) is 0 Å². The third-order valence-corrected chi connectivity index (χ3v) is 3.84. The Labute approximate surface area is 136 Å². The topological polar surface area (TPSA) is 77.2 Å². The standard InChI is InChI=1S/C17H26FN3O2/c1-11(21-15(22)23-16(2,3)4)5-6-14-13(17(19)7-8-17)9-12(18)10-20-14/h9-11H,5-8,19H2,1-4H3,(H,21,22). The molecule has 1 aromatic heterocycles. The van der Waals surface area contributed by atoms with Gasteiger partial charge in [-0.3, -0.25) is 4.98 Å². The monoisotopic (exact) mass is 323 g/mol. The Morgan fingerprint density at radius 1 is 1.52 bits per heavy atom. The van der Waals surface area contributed by atoms with Gasteiger partial charge in [-0.2, -0.15) is 0 Å². The van der Waals surface area contributed by atoms with E-state index in [-0.39, 0.29) is 11.9 Å². The van der Waals surface area contributed by atoms with Crippen LogP contribution in [0, 0.1) is 5.82 Å². The molecule has 1 aliphatic carbocycles. The maximum absolute atomic E-state index is 13.4. The largest absolute Gasteiger partial charge is 0.444 e. The molecule has 1 unspecified atom stereocenters. The minimum atomic E-state index is -0.520. The highest BCUT2D eigenvalue weighted by atomic mass is 19.1. The molecule has 1 aliphatic rings. The first-order valence-electron chi connectivity index (χ1n) is 8.02. The van der Waals surface area contributed by atoms with E-state index >= 15 is 0 Å². The second kappa shape index (κ2) is 6.43. The van der Waals surface area contributed by atoms with Gasteiger partial charge in [0.05, 0.1) is 6.20 Å². The number of ether oxygens (including phenoxy) is 1. The fourth-order valence-electron chi connectivity index (χ4n) is 2.44. The number of alkyl carbamates (subject to hydrolysis) is 1. The van der Waals surface area contributed by atoms with E-state index in [1.807, 2.05) is 27.7 Å². The van der Waals surface area contributed by atoms with Gasteiger partial charge in [0.15, 0.2) is 0 Å². The summed E-state index contributed by atoms with van der Waals surface area (Å²) in [4.78, 5) is 15.9. The van der Waals surface area contributed by atoms with Crippen LogP contribution in [-0.2, 0) is 16.7 Å². The number of hydrogen-bond donors (Lipinski definition) is 2. The van der Waals surface area contributed by atoms with Crippen molar-refractivity contribution in [1.29, 1.82) is 0 Å². The lowest BCUT2D eigenvalue weighted by Crippen LogP contribution is -2.38. The van der Waals surface area contributed by atoms with E-state index in [9.17, 15) is 9.18 Å². The van der Waals surface area contributed by atoms with Gasteiger partial charge in [-0.1, -0.05) is 0 Å². The summed E-state index contributed by atoms with van der Waals surface area (Å²) in [6, 6.07) is 1.42. The van der Waals surface area contributed by atoms with Gasteiger partial charge >= 0.3 is 6.09 Å². The fourth-order valence-corrected chi connectivity index (χ4v) is 2.44. The number of hydrogen-bond acceptors (Lipinski definition) is 4. The van der Waals surface area contributed by atoms with Crippen molar-refractivity contribution in [3.05, 3.63) is 29.3 Å². The van der Waals surface area contributed by atoms with Gasteiger partial charge in [-0.25, -0.2) is 9.18 Å². The zero-order chi connectivity index (χ0) is 17.3. The van der Waals surface area contributed by atoms with Gasteiger partial charge in [-0.15, -0.1) is 0 Å². The van der Waals surface area contributed by atoms with Crippen LogP contribution in [0.3, 0.4) is 0 Å². The third kappa shape index (κ3) is 5.16. The number of aryl methyl sites for hydroxylation is 1. The van der Waals surface area contributed by atoms with Crippen LogP contribution >= 0.6 is 0 Å². The Bertz CT molecular complexity index is 580. The molecule has 3 N–H and O–H groups in total. The lowest BCUT2D eigenvalue weighted by atomic mass is 9.99. The van der Waals surface area contributed by atoms with E-state index in [1.165, 1.54) is 12.3 Å². The average molecular weight is 323 g/mol. The summed E-state index contributed by atoms with van der Waals surface area (Å²) in [5.41, 5.74) is 6.86. The predicted octanol–water partition coefficient (Wildman–Crippen LogP) is 3.01. The number of carbonyl (C=O) groups excluding carboxylic acids is 1. The van der Waals surface area contributed by atoms with Gasteiger partial charge in [0.25, 0.3) is 0 Å². The zero-order valence-electron chi connectivity index (χ0n) is 14.3. The van der Waals surface area contributed by atoms with E-state index in [1.54, 1.807) is 0 Å². The lowest BCUT2D eigenvalue weighted by Gasteiger charge is -2.22. The summed E-state index contributed by atoms with van der Waals surface area (Å²) in [6.07, 6.45) is 3.81. The molecular weight excluding hydrogens is 297 g/mol. The third-order valence-electron chi connectivity index (χ3n) is 3.84. The zero-order valence-corrected chi connectivity index (χ0v) is 14.3. The van der Waals surface area contributed by atoms with Crippen LogP contribution in [0.4, 0.5) is 9.18 Å². The van der Waals surface area contributed by atoms with Crippen LogP contribution in [0.25, 0.3) is 0 Å². The quantitative estimate of drug-likeness (QED) is 0.873. The second-order valence-corrected chi connectivity index (χ2v) is 7.39. The van der Waals surface area contributed by atoms with E-state index in [0.717, 1.165) is 24.1 Å². The molecule has 23 heavy (non-hydrogen) atoms. The average Bonchev–Trinajstić information content (AvgIpc) is 3.14. The Kier molecular flexibility index (Phi) is 4.94. The molecule has 0 spiro atoms. The Morgan fingerprint density at radius 3 is 2.74 bits per heavy atom. The van der Waals surface area contributed by atoms with E-state index in [2.05, 4.69) is 10.3 Å². The minimum absolute atomic E-state index is 0.0718. The van der Waals surface area contributed by atoms with E-state index < -0.39 is 17.2 Å². The number of nitrogens with zero attached hydrogens (tertiary/aromatic N) is 1. The van der Waals surface area contributed by atoms with Crippen molar-refractivity contribution in [1.82, 2.24) is 10.3 Å². The molecule has 0 bridgehead atoms. The van der Waals surface area contributed by atoms with Crippen LogP contribution in [0.2, 0.25) is 0 Å². The number of aromatic nitrogens is 1. The molecule has 0 saturated heterocycles. The maximum Gasteiger partial charge on any atom is 0.407 e. The van der Waals surface area contributed by atoms with Crippen molar-refractivity contribution in [2.75, 3.05) is 0 Å². The van der Waals surface area contributed by atoms with Crippen molar-refractivity contribution >= 4 is 6.09 Å². The Balaban J connectivity index is 1.92. The van der Waals surface area contributed by atoms with E-state index in [0.29, 0.717) is 12.8 Å². The first-order valence-corrected chi connectivity index (χ1v) is 8.02. The van der Waals surface area contributed by atoms with Crippen molar-refractivity contribution in [2.24, 2.45) is 5.73 Å². The predicted molar refractivity (Wildman–Crippen MR) is 86.4 cm³/mol. The SMILES string of the molecule is CC(CCc1ncc(F)cc1C1(N)CC1)NC(=O)OC(C)(C)C. The van der Waals surface area contributed by atoms with Crippen LogP contribution in [0.1, 0.15) is 58.2 Å². The normalized spacial score (nSPS) is 17.5. The summed E-state index contributed by atoms with van der Waals surface area (Å²) < 4.78 is 18.7. The highest BCUT2D eigenvalue weighted by Gasteiger charge is 2.42. The summed E-state index contributed by atoms with van der Waals surface area (Å²) in [7, 11) is 0. The highest BCUT2D eigenvalue weighted by molar-refractivity contribution is 5.68. The number of nitrogens with two attached hydrogens (primary N) is 1. The van der Waals surface area contributed by atoms with Gasteiger partial charge in [-0.05, 0) is 65.0 Å². The molecule has 1 amide bonds. The second-order valence-electron chi connectivity index (χ2n) is 7.39. The van der Waals surface area contributed by atoms with Gasteiger partial charge in [0, 0.05) is 17.3 Å². The van der Waals surface area contributed by atoms with Crippen molar-refractivity contribution < 1.29 is 13.9 Å². The number of amides is 1. The van der Waals surface area contributed by atoms with Crippen LogP contribution in [0.15, 0.2) is 12.3 Å². The molecule has 5 nitrogen and oxygen atoms in total. The minimum Gasteiger partial charge on any atom is -0.444 e. The summed E-state index contributed by atoms with van der Waals surface area (Å²) >= 11 is 0. The summed E-state index contributed by atoms with van der Waals surface area (Å²) in [5, 5.41) is 2.80. The molecule has 6 heteroatoms. The van der Waals surface area contributed by atoms with Crippen LogP contribution in [-0.4, -0.2) is 22.7 Å². The number of rotatable bonds is 5. The maximum atomic E-state index is 13.4. The van der Waals surface area contributed by atoms with Crippen molar-refractivity contribution in [3.63, 3.8) is 0 Å². The number of halogens is 1. The molecule has 0 aromatic carbocycles. The number of pyridine rings is 1. The molecule has 1 fully saturated rings. The fraction of sp³-hybridized carbons (Fsp3) is 0.647. The molecule has 2 rings (SSSR count). The number of nitrogens with one attached hydrogen (secondary N) is 1. The van der Waals surface area contributed by atoms with Gasteiger partial charge < -0.3 is 15.8 Å². The Morgan fingerprint density at radius 2 is 2.17 bits per heavy atom. The summed E-state index contributed by atoms with van der Waals surface area (Å²) in [5.74, 6) is -0.361. The van der Waals surface area contributed by atoms with Crippen LogP contribution in [0.5, 0.6) is 0 Å². The molecule has 1 atom stereocenters. The molecular formula is C17H26FN3O2. The first-order chi connectivity index (χ1) is 10.6. The van der Waals surface area contributed by atoms with Crippen molar-refractivity contribution in [2.45, 2.75) is 70.6 Å². The molecule has 0 radical (unpaired) electrons. The summed E-state index contributed by atoms with van der Waals surface area (Å²) in [6.45, 7) is 7.37. The molecule has 128 valence electrons. The van der Waals surface area contributed by atoms with Gasteiger partial charge in [0.1, 0.15) is 11.4 Å². The molecule has 1 aromatic rings. The smallest absolute Gasteiger partial charge is 0.407 e. The molecule has 0 aliphatic heterocycles. The molecule has 1 saturated carbocycles. The number of carbonyl (C=O) groups is 1. The van der Waals surface area contributed by atoms with E-state index in [4.69, 9.17) is 10.5 Å².